The Balaban J connectivity index is 1.62. The van der Waals surface area contributed by atoms with E-state index in [9.17, 15) is 4.21 Å². The standard InChI is InChI=1S/C21H18N7OS/c1-2-23-20-15(7-6-14-4-3-5-19-18(14)13-25-28-19)12-24-21(27-20)26-16-8-10-17(11-9-16)30(22)29/h3-5,8-13,22H,2H2,1H3,(H,25,28)(H2,23,24,26,27)/q-1. The number of hydrogen-bond donors (Lipinski definition) is 4. The third kappa shape index (κ3) is 4.24. The summed E-state index contributed by atoms with van der Waals surface area (Å²) in [4.78, 5) is 9.33. The van der Waals surface area contributed by atoms with Gasteiger partial charge in [0.05, 0.1) is 23.5 Å². The molecule has 0 spiro atoms. The zero-order valence-electron chi connectivity index (χ0n) is 16.1. The lowest BCUT2D eigenvalue weighted by Gasteiger charge is -2.10. The molecule has 4 rings (SSSR count). The summed E-state index contributed by atoms with van der Waals surface area (Å²) in [5, 5.41) is 14.3. The number of aromatic amines is 1. The van der Waals surface area contributed by atoms with E-state index < -0.39 is 10.6 Å². The maximum Gasteiger partial charge on any atom is 0.229 e. The first kappa shape index (κ1) is 19.4. The smallest absolute Gasteiger partial charge is 0.229 e. The second-order valence-corrected chi connectivity index (χ2v) is 7.30. The van der Waals surface area contributed by atoms with Gasteiger partial charge in [-0.2, -0.15) is 20.7 Å². The Morgan fingerprint density at radius 2 is 1.90 bits per heavy atom. The highest BCUT2D eigenvalue weighted by molar-refractivity contribution is 7.73. The van der Waals surface area contributed by atoms with Gasteiger partial charge in [0.2, 0.25) is 5.95 Å². The van der Waals surface area contributed by atoms with Crippen molar-refractivity contribution < 1.29 is 4.21 Å². The molecule has 0 amide bonds. The molecule has 4 aromatic rings. The summed E-state index contributed by atoms with van der Waals surface area (Å²) in [6.45, 7) is 2.67. The molecule has 2 heterocycles. The summed E-state index contributed by atoms with van der Waals surface area (Å²) in [5.74, 6) is 7.36. The van der Waals surface area contributed by atoms with Crippen LogP contribution < -0.4 is 10.6 Å². The van der Waals surface area contributed by atoms with Crippen LogP contribution in [0.3, 0.4) is 0 Å². The van der Waals surface area contributed by atoms with Gasteiger partial charge in [0.15, 0.2) is 0 Å². The highest BCUT2D eigenvalue weighted by atomic mass is 32.2. The summed E-state index contributed by atoms with van der Waals surface area (Å²) in [5.41, 5.74) is 3.22. The molecule has 2 aromatic carbocycles. The molecule has 30 heavy (non-hydrogen) atoms. The van der Waals surface area contributed by atoms with E-state index in [2.05, 4.69) is 42.6 Å². The molecule has 0 atom stereocenters. The van der Waals surface area contributed by atoms with Crippen LogP contribution >= 0.6 is 0 Å². The maximum atomic E-state index is 11.2. The molecular formula is C21H18N7OS-. The van der Waals surface area contributed by atoms with Crippen molar-refractivity contribution in [1.29, 1.82) is 4.78 Å². The van der Waals surface area contributed by atoms with Gasteiger partial charge in [-0.25, -0.2) is 4.98 Å². The van der Waals surface area contributed by atoms with Gasteiger partial charge in [-0.3, -0.25) is 5.10 Å². The molecule has 0 aliphatic heterocycles. The highest BCUT2D eigenvalue weighted by Gasteiger charge is 2.06. The number of benzene rings is 2. The SMILES string of the molecule is CCNc1nc(Nc2ccc([S-](=N)=O)cc2)ncc1C#Cc1cccc2[nH]ncc12. The normalized spacial score (nSPS) is 10.6. The quantitative estimate of drug-likeness (QED) is 0.288. The molecule has 9 heteroatoms. The number of anilines is 3. The van der Waals surface area contributed by atoms with E-state index in [1.54, 1.807) is 36.7 Å². The van der Waals surface area contributed by atoms with Crippen molar-refractivity contribution in [3.05, 3.63) is 66.0 Å². The van der Waals surface area contributed by atoms with Crippen LogP contribution in [-0.2, 0) is 14.8 Å². The Morgan fingerprint density at radius 3 is 2.67 bits per heavy atom. The van der Waals surface area contributed by atoms with E-state index in [0.29, 0.717) is 28.8 Å². The number of nitrogens with zero attached hydrogens (tertiary/aromatic N) is 3. The Kier molecular flexibility index (Phi) is 5.59. The van der Waals surface area contributed by atoms with Crippen LogP contribution in [0.4, 0.5) is 17.5 Å². The second-order valence-electron chi connectivity index (χ2n) is 6.29. The first-order valence-electron chi connectivity index (χ1n) is 9.19. The lowest BCUT2D eigenvalue weighted by Crippen LogP contribution is -2.06. The van der Waals surface area contributed by atoms with Gasteiger partial charge in [-0.1, -0.05) is 34.9 Å². The van der Waals surface area contributed by atoms with Crippen molar-refractivity contribution in [2.24, 2.45) is 0 Å². The van der Waals surface area contributed by atoms with Gasteiger partial charge in [0, 0.05) is 23.2 Å². The lowest BCUT2D eigenvalue weighted by molar-refractivity contribution is 0.599. The number of hydrogen-bond acceptors (Lipinski definition) is 8. The summed E-state index contributed by atoms with van der Waals surface area (Å²) in [6.07, 6.45) is 3.43. The van der Waals surface area contributed by atoms with Gasteiger partial charge in [-0.15, -0.1) is 0 Å². The third-order valence-electron chi connectivity index (χ3n) is 4.27. The van der Waals surface area contributed by atoms with Crippen LogP contribution in [0.15, 0.2) is 59.8 Å². The largest absolute Gasteiger partial charge is 0.440 e. The fourth-order valence-corrected chi connectivity index (χ4v) is 3.22. The summed E-state index contributed by atoms with van der Waals surface area (Å²) < 4.78 is 18.4. The monoisotopic (exact) mass is 416 g/mol. The fourth-order valence-electron chi connectivity index (χ4n) is 2.84. The van der Waals surface area contributed by atoms with E-state index >= 15 is 0 Å². The molecule has 4 N–H and O–H groups in total. The van der Waals surface area contributed by atoms with Crippen LogP contribution in [0.25, 0.3) is 10.9 Å². The van der Waals surface area contributed by atoms with Crippen LogP contribution in [0.2, 0.25) is 0 Å². The summed E-state index contributed by atoms with van der Waals surface area (Å²) >= 11 is 0. The van der Waals surface area contributed by atoms with Crippen molar-refractivity contribution in [1.82, 2.24) is 20.2 Å². The minimum Gasteiger partial charge on any atom is -0.440 e. The van der Waals surface area contributed by atoms with Crippen LogP contribution in [0.5, 0.6) is 0 Å². The van der Waals surface area contributed by atoms with Gasteiger partial charge < -0.3 is 19.6 Å². The van der Waals surface area contributed by atoms with Crippen molar-refractivity contribution in [2.45, 2.75) is 11.8 Å². The van der Waals surface area contributed by atoms with E-state index in [4.69, 9.17) is 4.78 Å². The zero-order valence-corrected chi connectivity index (χ0v) is 16.9. The first-order chi connectivity index (χ1) is 14.6. The first-order valence-corrected chi connectivity index (χ1v) is 10.3. The predicted octanol–water partition coefficient (Wildman–Crippen LogP) is 4.01. The summed E-state index contributed by atoms with van der Waals surface area (Å²) in [6, 6.07) is 12.6. The molecule has 0 unspecified atom stereocenters. The van der Waals surface area contributed by atoms with E-state index in [-0.39, 0.29) is 0 Å². The maximum absolute atomic E-state index is 11.2. The second kappa shape index (κ2) is 8.63. The molecule has 0 bridgehead atoms. The Bertz CT molecular complexity index is 1320. The Hall–Kier alpha value is -3.90. The van der Waals surface area contributed by atoms with Crippen molar-refractivity contribution >= 4 is 39.0 Å². The van der Waals surface area contributed by atoms with Gasteiger partial charge in [-0.05, 0) is 31.2 Å². The summed E-state index contributed by atoms with van der Waals surface area (Å²) in [7, 11) is -1.76. The Labute approximate surface area is 175 Å². The molecule has 0 aliphatic carbocycles. The van der Waals surface area contributed by atoms with E-state index in [1.165, 1.54) is 0 Å². The average Bonchev–Trinajstić information content (AvgIpc) is 3.23. The minimum atomic E-state index is -1.76. The molecule has 150 valence electrons. The van der Waals surface area contributed by atoms with Crippen LogP contribution in [0, 0.1) is 16.6 Å². The van der Waals surface area contributed by atoms with Gasteiger partial charge in [0.1, 0.15) is 5.82 Å². The van der Waals surface area contributed by atoms with Gasteiger partial charge in [0.25, 0.3) is 0 Å². The number of fused-ring (bicyclic) bond motifs is 1. The average molecular weight is 416 g/mol. The van der Waals surface area contributed by atoms with Crippen LogP contribution in [-0.4, -0.2) is 26.7 Å². The molecule has 0 fully saturated rings. The van der Waals surface area contributed by atoms with E-state index in [1.807, 2.05) is 25.1 Å². The third-order valence-corrected chi connectivity index (χ3v) is 4.97. The highest BCUT2D eigenvalue weighted by Crippen LogP contribution is 2.19. The topological polar surface area (TPSA) is 119 Å². The van der Waals surface area contributed by atoms with Crippen molar-refractivity contribution in [3.63, 3.8) is 0 Å². The molecule has 0 radical (unpaired) electrons. The molecule has 0 aliphatic rings. The van der Waals surface area contributed by atoms with E-state index in [0.717, 1.165) is 22.2 Å². The zero-order chi connectivity index (χ0) is 20.9. The minimum absolute atomic E-state index is 0.410. The molecule has 0 saturated heterocycles. The lowest BCUT2D eigenvalue weighted by atomic mass is 10.1. The van der Waals surface area contributed by atoms with Crippen LogP contribution in [0.1, 0.15) is 18.1 Å². The predicted molar refractivity (Wildman–Crippen MR) is 117 cm³/mol. The van der Waals surface area contributed by atoms with Crippen molar-refractivity contribution in [3.8, 4) is 11.8 Å². The Morgan fingerprint density at radius 1 is 1.10 bits per heavy atom. The molecular weight excluding hydrogens is 398 g/mol. The number of H-pyrrole nitrogens is 1. The number of nitrogens with one attached hydrogen (secondary N) is 4. The number of aromatic nitrogens is 4. The molecule has 0 saturated carbocycles. The molecule has 2 aromatic heterocycles. The molecule has 8 nitrogen and oxygen atoms in total. The van der Waals surface area contributed by atoms with Crippen molar-refractivity contribution in [2.75, 3.05) is 17.2 Å². The fraction of sp³-hybridized carbons (Fsp3) is 0.0952. The number of rotatable bonds is 5. The van der Waals surface area contributed by atoms with Gasteiger partial charge >= 0.3 is 0 Å².